The molecule has 1 N–H and O–H groups in total. The van der Waals surface area contributed by atoms with Crippen LogP contribution in [0.2, 0.25) is 0 Å². The number of likely N-dealkylation sites (tertiary alicyclic amines) is 1. The number of furan rings is 1. The van der Waals surface area contributed by atoms with E-state index in [1.807, 2.05) is 6.92 Å². The molecule has 168 valence electrons. The number of carbonyl (C=O) groups excluding carboxylic acids is 2. The number of hydrogen-bond acceptors (Lipinski definition) is 6. The lowest BCUT2D eigenvalue weighted by molar-refractivity contribution is -0.121. The molecular formula is C22H21F2N3O4S. The van der Waals surface area contributed by atoms with Gasteiger partial charge in [0.2, 0.25) is 5.91 Å². The van der Waals surface area contributed by atoms with Crippen molar-refractivity contribution in [3.63, 3.8) is 0 Å². The van der Waals surface area contributed by atoms with Crippen molar-refractivity contribution in [3.8, 4) is 17.0 Å². The van der Waals surface area contributed by atoms with Gasteiger partial charge in [0, 0.05) is 23.5 Å². The average molecular weight is 461 g/mol. The molecule has 1 aliphatic rings. The maximum atomic E-state index is 12.8. The SMILES string of the molecule is Cc1sc(NC(=O)C2CCCN(C(=O)c3ccco3)C2)nc1-c1ccc(OC(F)F)cc1. The Morgan fingerprint density at radius 1 is 1.28 bits per heavy atom. The van der Waals surface area contributed by atoms with E-state index in [4.69, 9.17) is 4.42 Å². The molecule has 0 aliphatic carbocycles. The number of carbonyl (C=O) groups is 2. The molecule has 2 amide bonds. The number of ether oxygens (including phenoxy) is 1. The topological polar surface area (TPSA) is 84.7 Å². The lowest BCUT2D eigenvalue weighted by Gasteiger charge is -2.31. The Bertz CT molecular complexity index is 1080. The molecule has 1 saturated heterocycles. The van der Waals surface area contributed by atoms with Crippen molar-refractivity contribution in [2.75, 3.05) is 18.4 Å². The fraction of sp³-hybridized carbons (Fsp3) is 0.318. The first-order valence-corrected chi connectivity index (χ1v) is 10.9. The number of nitrogens with one attached hydrogen (secondary N) is 1. The monoisotopic (exact) mass is 461 g/mol. The number of rotatable bonds is 6. The van der Waals surface area contributed by atoms with Gasteiger partial charge in [0.05, 0.1) is 17.9 Å². The van der Waals surface area contributed by atoms with Gasteiger partial charge in [-0.15, -0.1) is 11.3 Å². The van der Waals surface area contributed by atoms with Gasteiger partial charge in [-0.25, -0.2) is 4.98 Å². The van der Waals surface area contributed by atoms with Gasteiger partial charge in [-0.05, 0) is 56.2 Å². The molecular weight excluding hydrogens is 440 g/mol. The normalized spacial score (nSPS) is 16.2. The Morgan fingerprint density at radius 3 is 2.75 bits per heavy atom. The standard InChI is InChI=1S/C22H21F2N3O4S/c1-13-18(14-6-8-16(9-7-14)31-21(23)24)25-22(32-13)26-19(28)15-4-2-10-27(12-15)20(29)17-5-3-11-30-17/h3,5-9,11,15,21H,2,4,10,12H2,1H3,(H,25,26,28). The molecule has 1 aliphatic heterocycles. The van der Waals surface area contributed by atoms with Crippen LogP contribution in [-0.4, -0.2) is 41.4 Å². The number of aryl methyl sites for hydroxylation is 1. The minimum absolute atomic E-state index is 0.0658. The van der Waals surface area contributed by atoms with Gasteiger partial charge in [-0.2, -0.15) is 8.78 Å². The number of benzene rings is 1. The summed E-state index contributed by atoms with van der Waals surface area (Å²) in [7, 11) is 0. The van der Waals surface area contributed by atoms with Gasteiger partial charge < -0.3 is 19.4 Å². The van der Waals surface area contributed by atoms with Crippen LogP contribution in [0.3, 0.4) is 0 Å². The van der Waals surface area contributed by atoms with Crippen molar-refractivity contribution in [2.24, 2.45) is 5.92 Å². The molecule has 4 rings (SSSR count). The van der Waals surface area contributed by atoms with E-state index in [-0.39, 0.29) is 29.2 Å². The summed E-state index contributed by atoms with van der Waals surface area (Å²) >= 11 is 1.33. The molecule has 0 spiro atoms. The lowest BCUT2D eigenvalue weighted by atomic mass is 9.97. The Labute approximate surface area is 187 Å². The third kappa shape index (κ3) is 4.96. The summed E-state index contributed by atoms with van der Waals surface area (Å²) in [6.07, 6.45) is 2.85. The summed E-state index contributed by atoms with van der Waals surface area (Å²) in [4.78, 5) is 32.4. The predicted octanol–water partition coefficient (Wildman–Crippen LogP) is 4.80. The van der Waals surface area contributed by atoms with E-state index in [0.717, 1.165) is 16.9 Å². The van der Waals surface area contributed by atoms with Crippen molar-refractivity contribution in [3.05, 3.63) is 53.3 Å². The second-order valence-electron chi connectivity index (χ2n) is 7.38. The van der Waals surface area contributed by atoms with Gasteiger partial charge >= 0.3 is 6.61 Å². The largest absolute Gasteiger partial charge is 0.459 e. The minimum Gasteiger partial charge on any atom is -0.459 e. The van der Waals surface area contributed by atoms with Crippen molar-refractivity contribution in [2.45, 2.75) is 26.4 Å². The summed E-state index contributed by atoms with van der Waals surface area (Å²) in [5.41, 5.74) is 1.39. The average Bonchev–Trinajstić information content (AvgIpc) is 3.43. The number of anilines is 1. The third-order valence-electron chi connectivity index (χ3n) is 5.19. The van der Waals surface area contributed by atoms with Crippen molar-refractivity contribution < 1.29 is 27.5 Å². The highest BCUT2D eigenvalue weighted by Gasteiger charge is 2.30. The summed E-state index contributed by atoms with van der Waals surface area (Å²) in [6, 6.07) is 9.45. The van der Waals surface area contributed by atoms with Crippen molar-refractivity contribution in [1.82, 2.24) is 9.88 Å². The summed E-state index contributed by atoms with van der Waals surface area (Å²) < 4.78 is 34.2. The first-order chi connectivity index (χ1) is 15.4. The number of hydrogen-bond donors (Lipinski definition) is 1. The highest BCUT2D eigenvalue weighted by Crippen LogP contribution is 2.32. The first-order valence-electron chi connectivity index (χ1n) is 10.1. The molecule has 0 saturated carbocycles. The maximum absolute atomic E-state index is 12.8. The Morgan fingerprint density at radius 2 is 2.06 bits per heavy atom. The number of nitrogens with zero attached hydrogens (tertiary/aromatic N) is 2. The van der Waals surface area contributed by atoms with E-state index in [1.165, 1.54) is 29.7 Å². The number of alkyl halides is 2. The van der Waals surface area contributed by atoms with E-state index >= 15 is 0 Å². The van der Waals surface area contributed by atoms with Crippen LogP contribution in [0, 0.1) is 12.8 Å². The molecule has 7 nitrogen and oxygen atoms in total. The molecule has 1 atom stereocenters. The summed E-state index contributed by atoms with van der Waals surface area (Å²) in [6.45, 7) is -0.117. The van der Waals surface area contributed by atoms with Crippen molar-refractivity contribution >= 4 is 28.3 Å². The first kappa shape index (κ1) is 21.9. The molecule has 1 unspecified atom stereocenters. The zero-order valence-electron chi connectivity index (χ0n) is 17.2. The second-order valence-corrected chi connectivity index (χ2v) is 8.59. The Kier molecular flexibility index (Phi) is 6.50. The second kappa shape index (κ2) is 9.47. The third-order valence-corrected chi connectivity index (χ3v) is 6.08. The minimum atomic E-state index is -2.88. The van der Waals surface area contributed by atoms with Crippen LogP contribution in [-0.2, 0) is 4.79 Å². The predicted molar refractivity (Wildman–Crippen MR) is 115 cm³/mol. The number of amides is 2. The lowest BCUT2D eigenvalue weighted by Crippen LogP contribution is -2.43. The number of thiazole rings is 1. The van der Waals surface area contributed by atoms with Crippen LogP contribution in [0.15, 0.2) is 47.1 Å². The highest BCUT2D eigenvalue weighted by molar-refractivity contribution is 7.16. The molecule has 0 bridgehead atoms. The van der Waals surface area contributed by atoms with Crippen molar-refractivity contribution in [1.29, 1.82) is 0 Å². The molecule has 1 fully saturated rings. The fourth-order valence-corrected chi connectivity index (χ4v) is 4.49. The molecule has 10 heteroatoms. The number of piperidine rings is 1. The quantitative estimate of drug-likeness (QED) is 0.570. The van der Waals surface area contributed by atoms with E-state index in [1.54, 1.807) is 29.2 Å². The summed E-state index contributed by atoms with van der Waals surface area (Å²) in [5.74, 6) is -0.435. The zero-order chi connectivity index (χ0) is 22.7. The summed E-state index contributed by atoms with van der Waals surface area (Å²) in [5, 5.41) is 3.31. The van der Waals surface area contributed by atoms with E-state index in [9.17, 15) is 18.4 Å². The van der Waals surface area contributed by atoms with E-state index in [2.05, 4.69) is 15.0 Å². The van der Waals surface area contributed by atoms with E-state index < -0.39 is 6.61 Å². The van der Waals surface area contributed by atoms with Crippen LogP contribution in [0.25, 0.3) is 11.3 Å². The number of halogens is 2. The number of aromatic nitrogens is 1. The Hall–Kier alpha value is -3.27. The van der Waals surface area contributed by atoms with Gasteiger partial charge in [0.25, 0.3) is 5.91 Å². The highest BCUT2D eigenvalue weighted by atomic mass is 32.1. The zero-order valence-corrected chi connectivity index (χ0v) is 18.0. The smallest absolute Gasteiger partial charge is 0.387 e. The molecule has 3 heterocycles. The van der Waals surface area contributed by atoms with Gasteiger partial charge in [0.15, 0.2) is 10.9 Å². The molecule has 32 heavy (non-hydrogen) atoms. The fourth-order valence-electron chi connectivity index (χ4n) is 3.65. The van der Waals surface area contributed by atoms with E-state index in [0.29, 0.717) is 30.3 Å². The van der Waals surface area contributed by atoms with Gasteiger partial charge in [0.1, 0.15) is 5.75 Å². The van der Waals surface area contributed by atoms with Crippen LogP contribution in [0.1, 0.15) is 28.3 Å². The van der Waals surface area contributed by atoms with Crippen LogP contribution < -0.4 is 10.1 Å². The van der Waals surface area contributed by atoms with Gasteiger partial charge in [-0.1, -0.05) is 0 Å². The van der Waals surface area contributed by atoms with Crippen LogP contribution in [0.4, 0.5) is 13.9 Å². The Balaban J connectivity index is 1.41. The molecule has 2 aromatic heterocycles. The molecule has 0 radical (unpaired) electrons. The maximum Gasteiger partial charge on any atom is 0.387 e. The molecule has 3 aromatic rings. The molecule has 1 aromatic carbocycles. The van der Waals surface area contributed by atoms with Gasteiger partial charge in [-0.3, -0.25) is 9.59 Å². The van der Waals surface area contributed by atoms with Crippen LogP contribution >= 0.6 is 11.3 Å². The van der Waals surface area contributed by atoms with Crippen LogP contribution in [0.5, 0.6) is 5.75 Å².